The molecule has 0 saturated carbocycles. The van der Waals surface area contributed by atoms with Gasteiger partial charge in [-0.25, -0.2) is 0 Å². The van der Waals surface area contributed by atoms with Gasteiger partial charge >= 0.3 is 0 Å². The molecule has 746 valence electrons. The summed E-state index contributed by atoms with van der Waals surface area (Å²) in [5.41, 5.74) is -3.72. The molecule has 8 rings (SSSR count). The minimum absolute atomic E-state index is 0.0280. The third-order valence-corrected chi connectivity index (χ3v) is 19.5. The van der Waals surface area contributed by atoms with Gasteiger partial charge in [0.1, 0.15) is 147 Å². The molecule has 4 unspecified atom stereocenters. The van der Waals surface area contributed by atoms with E-state index in [2.05, 4.69) is 0 Å². The summed E-state index contributed by atoms with van der Waals surface area (Å²) in [6.07, 6.45) is 3.00. The zero-order chi connectivity index (χ0) is 96.9. The molecule has 0 aliphatic carbocycles. The van der Waals surface area contributed by atoms with Crippen molar-refractivity contribution >= 4 is 25.1 Å². The van der Waals surface area contributed by atoms with Crippen LogP contribution in [0.15, 0.2) is 194 Å². The molecule has 0 spiro atoms. The fourth-order valence-electron chi connectivity index (χ4n) is 12.0. The van der Waals surface area contributed by atoms with Crippen molar-refractivity contribution in [2.24, 2.45) is 5.41 Å². The van der Waals surface area contributed by atoms with Crippen LogP contribution in [0.1, 0.15) is 83.0 Å². The second kappa shape index (κ2) is 62.8. The Balaban J connectivity index is 1.10. The molecule has 0 N–H and O–H groups in total. The van der Waals surface area contributed by atoms with Crippen molar-refractivity contribution in [3.05, 3.63) is 216 Å². The van der Waals surface area contributed by atoms with Crippen LogP contribution in [-0.4, -0.2) is 287 Å². The number of aldehydes is 4. The number of ether oxygens (including phenoxy) is 24. The predicted octanol–water partition coefficient (Wildman–Crippen LogP) is 13.5. The van der Waals surface area contributed by atoms with Crippen molar-refractivity contribution in [1.29, 1.82) is 0 Å². The SMILES string of the molecule is COc1ccc(OCCOCCOC(C)(COCC(C)(COCC(C)(COOOc2ccc(OC)cc2)COOOc2ccc(OC)cc2)OC(C)(COC(C)(COCCOCCOc2ccc(C=O)cc2)OCCOCCOc2ccc(C=O)cc2)COC(C)(COCCOCCOc2ccc(C=O)cc2)OCCOCCOc2ccc(C=O)cc2)COOOc2ccc(OC)cc2)cc1. The lowest BCUT2D eigenvalue weighted by molar-refractivity contribution is -0.490. The van der Waals surface area contributed by atoms with Gasteiger partial charge in [0.05, 0.1) is 180 Å². The van der Waals surface area contributed by atoms with Crippen molar-refractivity contribution in [3.8, 4) is 69.0 Å². The molecule has 0 aliphatic heterocycles. The molecule has 4 atom stereocenters. The quantitative estimate of drug-likeness (QED) is 0.0112. The van der Waals surface area contributed by atoms with Crippen LogP contribution in [0, 0.1) is 5.41 Å². The van der Waals surface area contributed by atoms with Crippen LogP contribution in [0.3, 0.4) is 0 Å². The molecule has 0 amide bonds. The third-order valence-electron chi connectivity index (χ3n) is 19.5. The summed E-state index contributed by atoms with van der Waals surface area (Å²) in [5.74, 6) is 2.98. The number of carbonyl (C=O) groups excluding carboxylic acids is 4. The topological polar surface area (TPSA) is 373 Å². The van der Waals surface area contributed by atoms with Crippen LogP contribution in [0.4, 0.5) is 0 Å². The van der Waals surface area contributed by atoms with Gasteiger partial charge in [0.2, 0.25) is 0 Å². The summed E-state index contributed by atoms with van der Waals surface area (Å²) in [6.45, 7) is 10.2. The normalized spacial score (nSPS) is 13.7. The monoisotopic (exact) mass is 1910 g/mol. The molecule has 0 aliphatic rings. The van der Waals surface area contributed by atoms with Crippen LogP contribution in [0.5, 0.6) is 69.0 Å². The summed E-state index contributed by atoms with van der Waals surface area (Å²) >= 11 is 0. The lowest BCUT2D eigenvalue weighted by Gasteiger charge is -2.43. The fraction of sp³-hybridized carbons (Fsp3) is 0.475. The number of methoxy groups -OCH3 is 4. The maximum Gasteiger partial charge on any atom is 0.189 e. The maximum absolute atomic E-state index is 11.4. The Labute approximate surface area is 792 Å². The van der Waals surface area contributed by atoms with Crippen LogP contribution >= 0.6 is 0 Å². The van der Waals surface area contributed by atoms with Gasteiger partial charge in [-0.1, -0.05) is 6.92 Å². The molecular weight excluding hydrogens is 1780 g/mol. The first kappa shape index (κ1) is 111. The number of rotatable bonds is 81. The second-order valence-corrected chi connectivity index (χ2v) is 31.7. The standard InChI is InChI=1S/C99H128O37/c1-94(68-127-134-130-91-37-29-83(105-8)30-38-91,69-128-135-131-92-39-31-84(106-9)32-40-92)67-115-71-96(3,72-116-70-95(2,75-129-136-132-93-41-33-85(107-10)34-42-93)122-60-52-110-49-59-121-90-35-27-82(104-7)28-36-90)133-97(4,73-125-98(5,123-61-53-111-50-57-119-88-23-15-80(65-102)16-24-88)76-113-45-43-108-47-55-117-86-19-11-78(63-100)12-20-86)74-126-99(6,124-62-54-112-51-58-120-89-25-17-81(66-103)18-26-89)77-114-46-44-109-48-56-118-87-21-13-79(64-101)14-22-87/h11-42,63-66H,43-62,67-77H2,1-10H3. The highest BCUT2D eigenvalue weighted by Crippen LogP contribution is 2.32. The predicted molar refractivity (Wildman–Crippen MR) is 488 cm³/mol. The highest BCUT2D eigenvalue weighted by molar-refractivity contribution is 5.76. The van der Waals surface area contributed by atoms with Gasteiger partial charge in [0, 0.05) is 27.7 Å². The van der Waals surface area contributed by atoms with Gasteiger partial charge in [0.25, 0.3) is 0 Å². The van der Waals surface area contributed by atoms with E-state index in [-0.39, 0.29) is 205 Å². The summed E-state index contributed by atoms with van der Waals surface area (Å²) in [6, 6.07) is 53.9. The molecule has 0 bridgehead atoms. The maximum atomic E-state index is 11.4. The fourth-order valence-corrected chi connectivity index (χ4v) is 12.0. The minimum atomic E-state index is -1.64. The molecule has 37 nitrogen and oxygen atoms in total. The van der Waals surface area contributed by atoms with E-state index < -0.39 is 33.8 Å². The molecule has 8 aromatic carbocycles. The summed E-state index contributed by atoms with van der Waals surface area (Å²) in [7, 11) is 6.21. The molecule has 37 heteroatoms. The smallest absolute Gasteiger partial charge is 0.189 e. The van der Waals surface area contributed by atoms with Crippen LogP contribution in [-0.2, 0) is 101 Å². The first-order valence-corrected chi connectivity index (χ1v) is 44.0. The Morgan fingerprint density at radius 3 is 0.743 bits per heavy atom. The lowest BCUT2D eigenvalue weighted by atomic mass is 9.94. The van der Waals surface area contributed by atoms with E-state index in [1.54, 1.807) is 264 Å². The first-order valence-electron chi connectivity index (χ1n) is 44.0. The molecule has 0 saturated heterocycles. The number of hydrogen-bond acceptors (Lipinski definition) is 37. The Hall–Kier alpha value is -10.8. The molecule has 0 radical (unpaired) electrons. The zero-order valence-corrected chi connectivity index (χ0v) is 78.8. The van der Waals surface area contributed by atoms with E-state index in [0.717, 1.165) is 25.1 Å². The van der Waals surface area contributed by atoms with E-state index in [0.29, 0.717) is 91.2 Å². The highest BCUT2D eigenvalue weighted by atomic mass is 17.5. The van der Waals surface area contributed by atoms with E-state index in [4.69, 9.17) is 158 Å². The molecular formula is C99H128O37. The molecule has 0 aromatic heterocycles. The Morgan fingerprint density at radius 1 is 0.206 bits per heavy atom. The van der Waals surface area contributed by atoms with E-state index in [1.165, 1.54) is 0 Å². The third kappa shape index (κ3) is 45.0. The molecule has 136 heavy (non-hydrogen) atoms. The average Bonchev–Trinajstić information content (AvgIpc) is 0.807. The van der Waals surface area contributed by atoms with Crippen molar-refractivity contribution in [2.75, 3.05) is 233 Å². The van der Waals surface area contributed by atoms with Gasteiger partial charge in [-0.3, -0.25) is 19.2 Å². The van der Waals surface area contributed by atoms with Crippen molar-refractivity contribution < 1.29 is 177 Å². The van der Waals surface area contributed by atoms with Crippen molar-refractivity contribution in [1.82, 2.24) is 0 Å². The Kier molecular flexibility index (Phi) is 51.1. The van der Waals surface area contributed by atoms with E-state index in [1.807, 2.05) is 0 Å². The molecule has 0 fully saturated rings. The molecule has 0 heterocycles. The van der Waals surface area contributed by atoms with Gasteiger partial charge in [-0.2, -0.15) is 14.7 Å². The summed E-state index contributed by atoms with van der Waals surface area (Å²) < 4.78 is 149. The van der Waals surface area contributed by atoms with Crippen LogP contribution < -0.4 is 57.3 Å². The average molecular weight is 1910 g/mol. The Bertz CT molecular complexity index is 4300. The van der Waals surface area contributed by atoms with Crippen LogP contribution in [0.25, 0.3) is 0 Å². The van der Waals surface area contributed by atoms with E-state index >= 15 is 0 Å². The van der Waals surface area contributed by atoms with Gasteiger partial charge < -0.3 is 128 Å². The first-order chi connectivity index (χ1) is 66.1. The Morgan fingerprint density at radius 2 is 0.441 bits per heavy atom. The number of hydrogen-bond donors (Lipinski definition) is 0. The van der Waals surface area contributed by atoms with Gasteiger partial charge in [0.15, 0.2) is 28.8 Å². The van der Waals surface area contributed by atoms with E-state index in [9.17, 15) is 19.2 Å². The second-order valence-electron chi connectivity index (χ2n) is 31.7. The minimum Gasteiger partial charge on any atom is -0.497 e. The largest absolute Gasteiger partial charge is 0.497 e. The lowest BCUT2D eigenvalue weighted by Crippen LogP contribution is -2.55. The number of carbonyl (C=O) groups is 4. The van der Waals surface area contributed by atoms with Crippen molar-refractivity contribution in [2.45, 2.75) is 69.9 Å². The zero-order valence-electron chi connectivity index (χ0n) is 78.8. The van der Waals surface area contributed by atoms with Gasteiger partial charge in [-0.15, -0.1) is 0 Å². The highest BCUT2D eigenvalue weighted by Gasteiger charge is 2.44. The number of benzene rings is 8. The molecule has 8 aromatic rings. The van der Waals surface area contributed by atoms with Crippen LogP contribution in [0.2, 0.25) is 0 Å². The van der Waals surface area contributed by atoms with Crippen molar-refractivity contribution in [3.63, 3.8) is 0 Å². The summed E-state index contributed by atoms with van der Waals surface area (Å²) in [4.78, 5) is 79.1. The van der Waals surface area contributed by atoms with Gasteiger partial charge in [-0.05, 0) is 244 Å². The summed E-state index contributed by atoms with van der Waals surface area (Å²) in [5, 5.41) is 16.0.